The lowest BCUT2D eigenvalue weighted by atomic mass is 10.1. The van der Waals surface area contributed by atoms with Crippen LogP contribution in [0.15, 0.2) is 78.9 Å². The molecule has 6 heteroatoms. The number of rotatable bonds is 8. The summed E-state index contributed by atoms with van der Waals surface area (Å²) < 4.78 is 5.58. The van der Waals surface area contributed by atoms with Crippen LogP contribution in [0.2, 0.25) is 0 Å². The second kappa shape index (κ2) is 10.4. The highest BCUT2D eigenvalue weighted by molar-refractivity contribution is 8.00. The van der Waals surface area contributed by atoms with E-state index in [2.05, 4.69) is 17.4 Å². The number of hydrogen-bond donors (Lipinski definition) is 1. The monoisotopic (exact) mass is 446 g/mol. The fourth-order valence-corrected chi connectivity index (χ4v) is 4.93. The molecule has 1 atom stereocenters. The largest absolute Gasteiger partial charge is 0.492 e. The minimum Gasteiger partial charge on any atom is -0.492 e. The molecule has 0 bridgehead atoms. The molecule has 0 aromatic heterocycles. The summed E-state index contributed by atoms with van der Waals surface area (Å²) >= 11 is 1.63. The zero-order valence-corrected chi connectivity index (χ0v) is 18.8. The van der Waals surface area contributed by atoms with Crippen molar-refractivity contribution in [2.75, 3.05) is 24.2 Å². The van der Waals surface area contributed by atoms with Crippen molar-refractivity contribution in [1.29, 1.82) is 0 Å². The highest BCUT2D eigenvalue weighted by Crippen LogP contribution is 2.38. The van der Waals surface area contributed by atoms with E-state index in [4.69, 9.17) is 4.74 Å². The number of hydrogen-bond acceptors (Lipinski definition) is 4. The number of anilines is 1. The van der Waals surface area contributed by atoms with E-state index >= 15 is 0 Å². The van der Waals surface area contributed by atoms with Crippen molar-refractivity contribution in [2.45, 2.75) is 18.7 Å². The molecule has 164 valence electrons. The van der Waals surface area contributed by atoms with Gasteiger partial charge in [-0.2, -0.15) is 0 Å². The maximum atomic E-state index is 12.7. The summed E-state index contributed by atoms with van der Waals surface area (Å²) in [6, 6.07) is 25.1. The number of amides is 2. The summed E-state index contributed by atoms with van der Waals surface area (Å²) in [5, 5.41) is 2.90. The van der Waals surface area contributed by atoms with Gasteiger partial charge in [-0.15, -0.1) is 11.8 Å². The van der Waals surface area contributed by atoms with Gasteiger partial charge in [-0.3, -0.25) is 9.59 Å². The smallest absolute Gasteiger partial charge is 0.255 e. The lowest BCUT2D eigenvalue weighted by molar-refractivity contribution is -0.128. The van der Waals surface area contributed by atoms with Crippen LogP contribution in [0.4, 0.5) is 5.69 Å². The van der Waals surface area contributed by atoms with E-state index in [0.717, 1.165) is 12.0 Å². The third-order valence-electron chi connectivity index (χ3n) is 5.35. The quantitative estimate of drug-likeness (QED) is 0.520. The average Bonchev–Trinajstić information content (AvgIpc) is 3.20. The first-order valence-corrected chi connectivity index (χ1v) is 11.8. The first-order valence-electron chi connectivity index (χ1n) is 10.7. The summed E-state index contributed by atoms with van der Waals surface area (Å²) in [4.78, 5) is 27.2. The standard InChI is InChI=1S/C26H26N2O3S/c1-2-31-23-11-7-6-10-22(23)27-25(30)20-12-14-21(15-13-20)26-28(24(29)18-32-26)17-16-19-8-4-3-5-9-19/h3-15,26H,2,16-18H2,1H3,(H,27,30). The van der Waals surface area contributed by atoms with Gasteiger partial charge in [0.2, 0.25) is 5.91 Å². The van der Waals surface area contributed by atoms with Crippen LogP contribution < -0.4 is 10.1 Å². The second-order valence-electron chi connectivity index (χ2n) is 7.49. The minimum atomic E-state index is -0.195. The molecule has 4 rings (SSSR count). The molecule has 1 N–H and O–H groups in total. The molecule has 0 radical (unpaired) electrons. The third-order valence-corrected chi connectivity index (χ3v) is 6.60. The Bertz CT molecular complexity index is 1070. The summed E-state index contributed by atoms with van der Waals surface area (Å²) in [5.41, 5.74) is 3.45. The Balaban J connectivity index is 1.43. The Labute approximate surface area is 192 Å². The van der Waals surface area contributed by atoms with Crippen molar-refractivity contribution in [1.82, 2.24) is 4.90 Å². The van der Waals surface area contributed by atoms with E-state index in [-0.39, 0.29) is 17.2 Å². The molecule has 2 amide bonds. The number of ether oxygens (including phenoxy) is 1. The van der Waals surface area contributed by atoms with Crippen LogP contribution in [0.5, 0.6) is 5.75 Å². The third kappa shape index (κ3) is 5.14. The van der Waals surface area contributed by atoms with Crippen LogP contribution in [0.25, 0.3) is 0 Å². The molecule has 0 spiro atoms. The molecule has 1 heterocycles. The highest BCUT2D eigenvalue weighted by atomic mass is 32.2. The van der Waals surface area contributed by atoms with E-state index in [0.29, 0.717) is 35.9 Å². The van der Waals surface area contributed by atoms with Gasteiger partial charge in [0.05, 0.1) is 18.0 Å². The van der Waals surface area contributed by atoms with Crippen molar-refractivity contribution in [3.05, 3.63) is 95.6 Å². The maximum absolute atomic E-state index is 12.7. The first kappa shape index (κ1) is 22.0. The van der Waals surface area contributed by atoms with E-state index in [1.165, 1.54) is 5.56 Å². The van der Waals surface area contributed by atoms with Crippen LogP contribution in [0.3, 0.4) is 0 Å². The summed E-state index contributed by atoms with van der Waals surface area (Å²) in [7, 11) is 0. The van der Waals surface area contributed by atoms with Crippen molar-refractivity contribution in [2.24, 2.45) is 0 Å². The number of benzene rings is 3. The Morgan fingerprint density at radius 1 is 1.03 bits per heavy atom. The van der Waals surface area contributed by atoms with Crippen LogP contribution in [0, 0.1) is 0 Å². The Morgan fingerprint density at radius 3 is 2.50 bits per heavy atom. The van der Waals surface area contributed by atoms with Gasteiger partial charge in [0, 0.05) is 12.1 Å². The van der Waals surface area contributed by atoms with Gasteiger partial charge in [-0.25, -0.2) is 0 Å². The Kier molecular flexibility index (Phi) is 7.12. The van der Waals surface area contributed by atoms with Crippen LogP contribution in [-0.4, -0.2) is 35.6 Å². The van der Waals surface area contributed by atoms with Gasteiger partial charge in [0.15, 0.2) is 0 Å². The van der Waals surface area contributed by atoms with Gasteiger partial charge in [-0.1, -0.05) is 54.6 Å². The predicted octanol–water partition coefficient (Wildman–Crippen LogP) is 5.15. The molecule has 0 aliphatic carbocycles. The van der Waals surface area contributed by atoms with Gasteiger partial charge < -0.3 is 15.0 Å². The highest BCUT2D eigenvalue weighted by Gasteiger charge is 2.32. The number of nitrogens with one attached hydrogen (secondary N) is 1. The van der Waals surface area contributed by atoms with Crippen molar-refractivity contribution >= 4 is 29.3 Å². The maximum Gasteiger partial charge on any atom is 0.255 e. The van der Waals surface area contributed by atoms with Crippen LogP contribution in [0.1, 0.15) is 33.8 Å². The molecule has 1 unspecified atom stereocenters. The molecular weight excluding hydrogens is 420 g/mol. The van der Waals surface area contributed by atoms with E-state index in [9.17, 15) is 9.59 Å². The molecule has 1 aliphatic rings. The van der Waals surface area contributed by atoms with Crippen LogP contribution >= 0.6 is 11.8 Å². The van der Waals surface area contributed by atoms with E-state index < -0.39 is 0 Å². The molecule has 32 heavy (non-hydrogen) atoms. The fraction of sp³-hybridized carbons (Fsp3) is 0.231. The molecule has 1 fully saturated rings. The molecule has 1 aliphatic heterocycles. The predicted molar refractivity (Wildman–Crippen MR) is 129 cm³/mol. The Hall–Kier alpha value is -3.25. The Morgan fingerprint density at radius 2 is 1.75 bits per heavy atom. The van der Waals surface area contributed by atoms with Crippen LogP contribution in [-0.2, 0) is 11.2 Å². The number of carbonyl (C=O) groups is 2. The zero-order valence-electron chi connectivity index (χ0n) is 18.0. The summed E-state index contributed by atoms with van der Waals surface area (Å²) in [6.07, 6.45) is 0.823. The topological polar surface area (TPSA) is 58.6 Å². The average molecular weight is 447 g/mol. The summed E-state index contributed by atoms with van der Waals surface area (Å²) in [6.45, 7) is 3.11. The SMILES string of the molecule is CCOc1ccccc1NC(=O)c1ccc(C2SCC(=O)N2CCc2ccccc2)cc1. The number of carbonyl (C=O) groups excluding carboxylic acids is 2. The molecule has 0 saturated carbocycles. The number of nitrogens with zero attached hydrogens (tertiary/aromatic N) is 1. The number of para-hydroxylation sites is 2. The molecule has 1 saturated heterocycles. The fourth-order valence-electron chi connectivity index (χ4n) is 3.71. The van der Waals surface area contributed by atoms with Gasteiger partial charge in [-0.05, 0) is 48.7 Å². The van der Waals surface area contributed by atoms with Crippen molar-refractivity contribution < 1.29 is 14.3 Å². The van der Waals surface area contributed by atoms with E-state index in [1.807, 2.05) is 78.6 Å². The van der Waals surface area contributed by atoms with E-state index in [1.54, 1.807) is 11.8 Å². The zero-order chi connectivity index (χ0) is 22.3. The lowest BCUT2D eigenvalue weighted by Crippen LogP contribution is -2.30. The second-order valence-corrected chi connectivity index (χ2v) is 8.56. The van der Waals surface area contributed by atoms with Crippen molar-refractivity contribution in [3.8, 4) is 5.75 Å². The van der Waals surface area contributed by atoms with Crippen molar-refractivity contribution in [3.63, 3.8) is 0 Å². The first-order chi connectivity index (χ1) is 15.7. The van der Waals surface area contributed by atoms with Gasteiger partial charge in [0.1, 0.15) is 11.1 Å². The molecule has 3 aromatic rings. The number of thioether (sulfide) groups is 1. The lowest BCUT2D eigenvalue weighted by Gasteiger charge is -2.24. The molecule has 3 aromatic carbocycles. The van der Waals surface area contributed by atoms with Gasteiger partial charge in [0.25, 0.3) is 5.91 Å². The van der Waals surface area contributed by atoms with Gasteiger partial charge >= 0.3 is 0 Å². The summed E-state index contributed by atoms with van der Waals surface area (Å²) in [5.74, 6) is 1.09. The molecular formula is C26H26N2O3S. The normalized spacial score (nSPS) is 15.6. The minimum absolute atomic E-state index is 0.0259. The molecule has 5 nitrogen and oxygen atoms in total.